The third-order valence-corrected chi connectivity index (χ3v) is 4.88. The first-order valence-electron chi connectivity index (χ1n) is 6.83. The molecule has 1 radical (unpaired) electrons. The van der Waals surface area contributed by atoms with Crippen LogP contribution in [0.3, 0.4) is 0 Å². The number of halogens is 3. The average Bonchev–Trinajstić information content (AvgIpc) is 2.88. The van der Waals surface area contributed by atoms with Gasteiger partial charge in [-0.25, -0.2) is 4.39 Å². The summed E-state index contributed by atoms with van der Waals surface area (Å²) < 4.78 is 14.3. The van der Waals surface area contributed by atoms with E-state index >= 15 is 0 Å². The molecule has 0 fully saturated rings. The predicted molar refractivity (Wildman–Crippen MR) is 90.4 cm³/mol. The van der Waals surface area contributed by atoms with Crippen LogP contribution in [0.2, 0.25) is 5.02 Å². The van der Waals surface area contributed by atoms with Gasteiger partial charge in [0.2, 0.25) is 0 Å². The molecule has 3 aromatic rings. The molecule has 1 unspecified atom stereocenters. The van der Waals surface area contributed by atoms with Gasteiger partial charge in [-0.1, -0.05) is 39.6 Å². The third-order valence-electron chi connectivity index (χ3n) is 3.88. The molecule has 0 N–H and O–H groups in total. The molecule has 2 aromatic carbocycles. The molecule has 119 valence electrons. The van der Waals surface area contributed by atoms with E-state index in [9.17, 15) is 9.18 Å². The van der Waals surface area contributed by atoms with Crippen molar-refractivity contribution >= 4 is 44.3 Å². The number of carbonyl (C=O) groups is 1. The molecule has 24 heavy (non-hydrogen) atoms. The Kier molecular flexibility index (Phi) is 5.24. The molecule has 1 atom stereocenters. The minimum absolute atomic E-state index is 0. The fourth-order valence-electron chi connectivity index (χ4n) is 2.90. The Balaban J connectivity index is 0.00000169. The minimum atomic E-state index is -0.625. The van der Waals surface area contributed by atoms with Crippen LogP contribution in [-0.4, -0.2) is 10.9 Å². The van der Waals surface area contributed by atoms with E-state index < -0.39 is 11.9 Å². The van der Waals surface area contributed by atoms with Crippen LogP contribution < -0.4 is 0 Å². The summed E-state index contributed by atoms with van der Waals surface area (Å²) >= 11 is 9.68. The topological polar surface area (TPSA) is 44.1 Å². The Labute approximate surface area is 183 Å². The number of fused-ring (bicyclic) bond motifs is 3. The van der Waals surface area contributed by atoms with E-state index in [0.717, 1.165) is 5.39 Å². The molecule has 1 amide bonds. The van der Waals surface area contributed by atoms with Gasteiger partial charge in [-0.05, 0) is 41.5 Å². The Morgan fingerprint density at radius 3 is 2.83 bits per heavy atom. The second-order valence-corrected chi connectivity index (χ2v) is 6.48. The second-order valence-electron chi connectivity index (χ2n) is 5.22. The maximum atomic E-state index is 13.6. The number of amides is 1. The largest absolute Gasteiger partial charge is 0.639 e. The van der Waals surface area contributed by atoms with Crippen LogP contribution in [0.1, 0.15) is 27.5 Å². The number of benzene rings is 2. The standard InChI is InChI=1S/C17H9BrClFN2O.Pm/c18-11-7-13-9(2-1-5-21-13)14-15(11)16(22-17(14)23)10-6-8(20)3-4-12(10)19;/h1-7,16H,(H,22,23);/p-1. The summed E-state index contributed by atoms with van der Waals surface area (Å²) in [6.07, 6.45) is 1.67. The van der Waals surface area contributed by atoms with Crippen LogP contribution in [0.15, 0.2) is 47.1 Å². The Morgan fingerprint density at radius 2 is 2.04 bits per heavy atom. The van der Waals surface area contributed by atoms with E-state index in [0.29, 0.717) is 31.7 Å². The molecule has 3 nitrogen and oxygen atoms in total. The Bertz CT molecular complexity index is 982. The number of hydrogen-bond acceptors (Lipinski definition) is 2. The zero-order valence-corrected chi connectivity index (χ0v) is 17.2. The third kappa shape index (κ3) is 2.89. The molecule has 0 aliphatic carbocycles. The number of carbonyl (C=O) groups excluding carboxylic acids is 1. The van der Waals surface area contributed by atoms with Crippen LogP contribution in [0.25, 0.3) is 16.2 Å². The molecule has 7 heteroatoms. The van der Waals surface area contributed by atoms with Gasteiger partial charge in [0.05, 0.1) is 11.4 Å². The molecular weight excluding hydrogens is 528 g/mol. The number of rotatable bonds is 1. The van der Waals surface area contributed by atoms with Crippen molar-refractivity contribution in [3.8, 4) is 0 Å². The zero-order valence-electron chi connectivity index (χ0n) is 12.0. The summed E-state index contributed by atoms with van der Waals surface area (Å²) in [4.78, 5) is 16.7. The maximum absolute atomic E-state index is 13.6. The second kappa shape index (κ2) is 6.93. The molecule has 2 heterocycles. The smallest absolute Gasteiger partial charge is 0.123 e. The van der Waals surface area contributed by atoms with Crippen LogP contribution >= 0.6 is 27.5 Å². The zero-order chi connectivity index (χ0) is 16.1. The molecule has 0 saturated heterocycles. The van der Waals surface area contributed by atoms with Gasteiger partial charge in [-0.15, -0.1) is 0 Å². The number of pyridine rings is 1. The van der Waals surface area contributed by atoms with Gasteiger partial charge in [-0.2, -0.15) is 0 Å². The molecule has 1 aromatic heterocycles. The number of hydrogen-bond donors (Lipinski definition) is 0. The molecule has 1 aliphatic rings. The van der Waals surface area contributed by atoms with E-state index in [1.54, 1.807) is 12.3 Å². The van der Waals surface area contributed by atoms with Gasteiger partial charge in [0.1, 0.15) is 5.82 Å². The summed E-state index contributed by atoms with van der Waals surface area (Å²) in [6, 6.07) is 8.88. The van der Waals surface area contributed by atoms with Crippen molar-refractivity contribution in [2.75, 3.05) is 0 Å². The average molecular weight is 536 g/mol. The van der Waals surface area contributed by atoms with Gasteiger partial charge in [0, 0.05) is 67.0 Å². The van der Waals surface area contributed by atoms with Gasteiger partial charge in [0.15, 0.2) is 0 Å². The fourth-order valence-corrected chi connectivity index (χ4v) is 3.75. The van der Waals surface area contributed by atoms with Crippen molar-refractivity contribution in [2.24, 2.45) is 0 Å². The van der Waals surface area contributed by atoms with E-state index in [1.807, 2.05) is 12.1 Å². The minimum Gasteiger partial charge on any atom is -0.639 e. The first kappa shape index (κ1) is 18.2. The van der Waals surface area contributed by atoms with Crippen molar-refractivity contribution in [2.45, 2.75) is 6.04 Å². The SMILES string of the molecule is O=C1[N-]C(c2cc(F)ccc2Cl)c2c(Br)cc3ncccc3c21.[Pm]. The van der Waals surface area contributed by atoms with E-state index in [1.165, 1.54) is 18.2 Å². The molecular formula is C17H8BrClFN2OPm-. The molecule has 1 aliphatic heterocycles. The Morgan fingerprint density at radius 1 is 1.25 bits per heavy atom. The summed E-state index contributed by atoms with van der Waals surface area (Å²) in [5.41, 5.74) is 2.37. The van der Waals surface area contributed by atoms with Crippen LogP contribution in [0.4, 0.5) is 4.39 Å². The van der Waals surface area contributed by atoms with E-state index in [4.69, 9.17) is 11.6 Å². The first-order valence-corrected chi connectivity index (χ1v) is 8.00. The van der Waals surface area contributed by atoms with Crippen LogP contribution in [0, 0.1) is 46.2 Å². The summed E-state index contributed by atoms with van der Waals surface area (Å²) in [7, 11) is 0. The first-order chi connectivity index (χ1) is 11.1. The monoisotopic (exact) mass is 534 g/mol. The van der Waals surface area contributed by atoms with Crippen molar-refractivity contribution < 1.29 is 49.6 Å². The predicted octanol–water partition coefficient (Wildman–Crippen LogP) is 5.41. The van der Waals surface area contributed by atoms with Crippen LogP contribution in [-0.2, 0) is 0 Å². The maximum Gasteiger partial charge on any atom is 0.123 e. The van der Waals surface area contributed by atoms with Crippen molar-refractivity contribution in [3.05, 3.63) is 79.9 Å². The molecule has 0 spiro atoms. The van der Waals surface area contributed by atoms with Gasteiger partial charge in [0.25, 0.3) is 0 Å². The van der Waals surface area contributed by atoms with Crippen LogP contribution in [0.5, 0.6) is 0 Å². The van der Waals surface area contributed by atoms with Crippen molar-refractivity contribution in [1.29, 1.82) is 0 Å². The number of aromatic nitrogens is 1. The quantitative estimate of drug-likeness (QED) is 0.419. The van der Waals surface area contributed by atoms with Crippen molar-refractivity contribution in [1.82, 2.24) is 4.98 Å². The summed E-state index contributed by atoms with van der Waals surface area (Å²) in [5, 5.41) is 5.30. The van der Waals surface area contributed by atoms with Gasteiger partial charge in [-0.3, -0.25) is 4.98 Å². The number of nitrogens with zero attached hydrogens (tertiary/aromatic N) is 2. The molecule has 0 saturated carbocycles. The summed E-state index contributed by atoms with van der Waals surface area (Å²) in [6.45, 7) is 0. The summed E-state index contributed by atoms with van der Waals surface area (Å²) in [5.74, 6) is -0.760. The van der Waals surface area contributed by atoms with E-state index in [-0.39, 0.29) is 46.3 Å². The van der Waals surface area contributed by atoms with Gasteiger partial charge >= 0.3 is 0 Å². The van der Waals surface area contributed by atoms with Crippen molar-refractivity contribution in [3.63, 3.8) is 0 Å². The molecule has 4 rings (SSSR count). The Hall–Kier alpha value is -0.642. The fraction of sp³-hybridized carbons (Fsp3) is 0.0588. The normalized spacial score (nSPS) is 15.8. The van der Waals surface area contributed by atoms with Gasteiger partial charge < -0.3 is 10.1 Å². The molecule has 0 bridgehead atoms. The van der Waals surface area contributed by atoms with E-state index in [2.05, 4.69) is 26.2 Å².